The van der Waals surface area contributed by atoms with E-state index in [0.717, 1.165) is 0 Å². The summed E-state index contributed by atoms with van der Waals surface area (Å²) in [6.07, 6.45) is 6.76. The largest absolute Gasteiger partial charge is 0.414 e. The van der Waals surface area contributed by atoms with Gasteiger partial charge in [-0.1, -0.05) is 47.6 Å². The van der Waals surface area contributed by atoms with Crippen molar-refractivity contribution in [1.29, 1.82) is 0 Å². The minimum Gasteiger partial charge on any atom is -0.414 e. The van der Waals surface area contributed by atoms with Crippen LogP contribution in [-0.2, 0) is 13.6 Å². The fraction of sp³-hybridized carbons (Fsp3) is 0.692. The van der Waals surface area contributed by atoms with Crippen molar-refractivity contribution in [2.24, 2.45) is 0 Å². The highest BCUT2D eigenvalue weighted by molar-refractivity contribution is 6.74. The molecule has 37 heavy (non-hydrogen) atoms. The van der Waals surface area contributed by atoms with Gasteiger partial charge in [-0.15, -0.1) is 6.58 Å². The lowest BCUT2D eigenvalue weighted by Gasteiger charge is -2.45. The zero-order chi connectivity index (χ0) is 27.9. The number of hydrogen-bond acceptors (Lipinski definition) is 7. The van der Waals surface area contributed by atoms with Gasteiger partial charge in [0.15, 0.2) is 22.5 Å². The van der Waals surface area contributed by atoms with Crippen LogP contribution in [0.1, 0.15) is 60.6 Å². The van der Waals surface area contributed by atoms with Gasteiger partial charge in [0.25, 0.3) is 0 Å². The molecule has 1 saturated heterocycles. The molecule has 206 valence electrons. The summed E-state index contributed by atoms with van der Waals surface area (Å²) in [5.74, 6) is 0.407. The van der Waals surface area contributed by atoms with Crippen LogP contribution >= 0.6 is 0 Å². The van der Waals surface area contributed by atoms with Crippen molar-refractivity contribution in [2.45, 2.75) is 109 Å². The second-order valence-electron chi connectivity index (χ2n) is 13.1. The Morgan fingerprint density at radius 3 is 2.32 bits per heavy atom. The molecule has 3 heterocycles. The minimum absolute atomic E-state index is 0.0170. The Kier molecular flexibility index (Phi) is 8.27. The number of nitrogens with zero attached hydrogens (tertiary/aromatic N) is 5. The molecule has 1 aliphatic rings. The summed E-state index contributed by atoms with van der Waals surface area (Å²) in [5.41, 5.74) is -1.18. The third-order valence-corrected chi connectivity index (χ3v) is 17.3. The van der Waals surface area contributed by atoms with Gasteiger partial charge < -0.3 is 13.6 Å². The number of aromatic nitrogens is 5. The van der Waals surface area contributed by atoms with Crippen LogP contribution in [0.15, 0.2) is 42.4 Å². The molecule has 2 aromatic heterocycles. The first-order chi connectivity index (χ1) is 16.9. The first-order valence-corrected chi connectivity index (χ1v) is 18.8. The molecule has 0 saturated carbocycles. The van der Waals surface area contributed by atoms with E-state index in [1.54, 1.807) is 16.8 Å². The predicted octanol–water partition coefficient (Wildman–Crippen LogP) is 5.47. The van der Waals surface area contributed by atoms with Crippen LogP contribution in [0, 0.1) is 0 Å². The SMILES string of the molecule is C=CC[C@]1(CO[Si](C)(C)C(C)(C)C)O[C@@H](n2ccc(-n3cncn3)nc2=O)C[C@@H]1O[Si](C)(C)C(C)(C)C. The summed E-state index contributed by atoms with van der Waals surface area (Å²) < 4.78 is 23.5. The Bertz CT molecular complexity index is 1140. The molecule has 3 atom stereocenters. The Hall–Kier alpha value is -1.93. The highest BCUT2D eigenvalue weighted by atomic mass is 28.4. The number of rotatable bonds is 9. The smallest absolute Gasteiger partial charge is 0.351 e. The van der Waals surface area contributed by atoms with Crippen LogP contribution < -0.4 is 5.69 Å². The maximum Gasteiger partial charge on any atom is 0.351 e. The molecule has 0 aliphatic carbocycles. The Labute approximate surface area is 223 Å². The molecule has 0 bridgehead atoms. The predicted molar refractivity (Wildman–Crippen MR) is 151 cm³/mol. The summed E-state index contributed by atoms with van der Waals surface area (Å²) in [7, 11) is -4.25. The van der Waals surface area contributed by atoms with Gasteiger partial charge in [0, 0.05) is 12.6 Å². The first-order valence-electron chi connectivity index (χ1n) is 13.0. The highest BCUT2D eigenvalue weighted by Gasteiger charge is 2.54. The van der Waals surface area contributed by atoms with Gasteiger partial charge in [0.05, 0.1) is 12.7 Å². The van der Waals surface area contributed by atoms with Crippen LogP contribution in [-0.4, -0.2) is 59.3 Å². The Morgan fingerprint density at radius 2 is 1.81 bits per heavy atom. The summed E-state index contributed by atoms with van der Waals surface area (Å²) in [6, 6.07) is 1.74. The van der Waals surface area contributed by atoms with Gasteiger partial charge in [-0.25, -0.2) is 14.5 Å². The molecule has 1 aliphatic heterocycles. The average molecular weight is 548 g/mol. The molecule has 0 amide bonds. The number of ether oxygens (including phenoxy) is 1. The van der Waals surface area contributed by atoms with Gasteiger partial charge in [-0.05, 0) is 48.8 Å². The molecular formula is C26H45N5O4Si2. The van der Waals surface area contributed by atoms with Gasteiger partial charge in [0.1, 0.15) is 24.5 Å². The second-order valence-corrected chi connectivity index (χ2v) is 22.7. The van der Waals surface area contributed by atoms with Gasteiger partial charge >= 0.3 is 5.69 Å². The van der Waals surface area contributed by atoms with Crippen molar-refractivity contribution in [3.8, 4) is 5.82 Å². The van der Waals surface area contributed by atoms with E-state index in [9.17, 15) is 4.79 Å². The lowest BCUT2D eigenvalue weighted by molar-refractivity contribution is -0.121. The standard InChI is InChI=1S/C26H45N5O4Si2/c1-12-14-26(17-33-36(8,9)24(2,3)4)20(35-37(10,11)25(5,6)7)16-22(34-26)30-15-13-21(29-23(30)32)31-19-27-18-28-31/h12-13,15,18-20,22H,1,14,16-17H2,2-11H3/t20-,22+,26+/m0/s1. The Morgan fingerprint density at radius 1 is 1.16 bits per heavy atom. The molecule has 0 spiro atoms. The van der Waals surface area contributed by atoms with Crippen LogP contribution in [0.5, 0.6) is 0 Å². The fourth-order valence-electron chi connectivity index (χ4n) is 3.86. The summed E-state index contributed by atoms with van der Waals surface area (Å²) in [4.78, 5) is 21.3. The molecule has 0 N–H and O–H groups in total. The second kappa shape index (κ2) is 10.3. The topological polar surface area (TPSA) is 93.3 Å². The minimum atomic E-state index is -2.17. The fourth-order valence-corrected chi connectivity index (χ4v) is 6.27. The van der Waals surface area contributed by atoms with E-state index in [4.69, 9.17) is 13.6 Å². The lowest BCUT2D eigenvalue weighted by atomic mass is 9.94. The van der Waals surface area contributed by atoms with Crippen molar-refractivity contribution >= 4 is 16.6 Å². The van der Waals surface area contributed by atoms with Crippen molar-refractivity contribution in [3.63, 3.8) is 0 Å². The molecular weight excluding hydrogens is 502 g/mol. The molecule has 0 radical (unpaired) electrons. The van der Waals surface area contributed by atoms with Crippen LogP contribution in [0.3, 0.4) is 0 Å². The molecule has 1 fully saturated rings. The molecule has 0 aromatic carbocycles. The quantitative estimate of drug-likeness (QED) is 0.303. The molecule has 3 rings (SSSR count). The van der Waals surface area contributed by atoms with Crippen molar-refractivity contribution in [2.75, 3.05) is 6.61 Å². The van der Waals surface area contributed by atoms with E-state index in [1.165, 1.54) is 17.3 Å². The maximum absolute atomic E-state index is 13.1. The van der Waals surface area contributed by atoms with Crippen LogP contribution in [0.2, 0.25) is 36.3 Å². The molecule has 0 unspecified atom stereocenters. The van der Waals surface area contributed by atoms with E-state index in [-0.39, 0.29) is 16.2 Å². The average Bonchev–Trinajstić information content (AvgIpc) is 3.40. The van der Waals surface area contributed by atoms with Crippen LogP contribution in [0.4, 0.5) is 0 Å². The van der Waals surface area contributed by atoms with Crippen LogP contribution in [0.25, 0.3) is 5.82 Å². The third kappa shape index (κ3) is 6.22. The van der Waals surface area contributed by atoms with E-state index in [0.29, 0.717) is 25.3 Å². The van der Waals surface area contributed by atoms with Crippen molar-refractivity contribution in [1.82, 2.24) is 24.3 Å². The highest BCUT2D eigenvalue weighted by Crippen LogP contribution is 2.47. The summed E-state index contributed by atoms with van der Waals surface area (Å²) in [5, 5.41) is 4.14. The summed E-state index contributed by atoms with van der Waals surface area (Å²) in [6.45, 7) is 26.7. The Balaban J connectivity index is 2.00. The molecule has 11 heteroatoms. The van der Waals surface area contributed by atoms with E-state index in [2.05, 4.69) is 89.4 Å². The van der Waals surface area contributed by atoms with E-state index >= 15 is 0 Å². The monoisotopic (exact) mass is 547 g/mol. The van der Waals surface area contributed by atoms with Crippen molar-refractivity contribution in [3.05, 3.63) is 48.1 Å². The zero-order valence-electron chi connectivity index (χ0n) is 24.2. The van der Waals surface area contributed by atoms with E-state index in [1.807, 2.05) is 6.08 Å². The van der Waals surface area contributed by atoms with Gasteiger partial charge in [-0.3, -0.25) is 4.57 Å². The first kappa shape index (κ1) is 29.6. The lowest BCUT2D eigenvalue weighted by Crippen LogP contribution is -2.54. The van der Waals surface area contributed by atoms with Gasteiger partial charge in [0.2, 0.25) is 0 Å². The third-order valence-electron chi connectivity index (χ3n) is 8.37. The summed E-state index contributed by atoms with van der Waals surface area (Å²) >= 11 is 0. The van der Waals surface area contributed by atoms with Crippen molar-refractivity contribution < 1.29 is 13.6 Å². The number of hydrogen-bond donors (Lipinski definition) is 0. The maximum atomic E-state index is 13.1. The van der Waals surface area contributed by atoms with Gasteiger partial charge in [-0.2, -0.15) is 10.1 Å². The van der Waals surface area contributed by atoms with E-state index < -0.39 is 34.2 Å². The zero-order valence-corrected chi connectivity index (χ0v) is 26.2. The normalized spacial score (nSPS) is 23.4. The molecule has 9 nitrogen and oxygen atoms in total. The molecule has 2 aromatic rings.